The van der Waals surface area contributed by atoms with E-state index in [0.717, 1.165) is 49.4 Å². The highest BCUT2D eigenvalue weighted by atomic mass is 35.5. The first kappa shape index (κ1) is 57.1. The van der Waals surface area contributed by atoms with Crippen LogP contribution in [0, 0.1) is 20.2 Å². The third-order valence-electron chi connectivity index (χ3n) is 10.3. The summed E-state index contributed by atoms with van der Waals surface area (Å²) in [5.74, 6) is 2.45. The van der Waals surface area contributed by atoms with Gasteiger partial charge >= 0.3 is 0 Å². The minimum absolute atomic E-state index is 0. The molecule has 0 atom stereocenters. The van der Waals surface area contributed by atoms with E-state index in [1.807, 2.05) is 43.3 Å². The van der Waals surface area contributed by atoms with Crippen LogP contribution in [0.5, 0.6) is 11.5 Å². The van der Waals surface area contributed by atoms with E-state index in [2.05, 4.69) is 75.0 Å². The van der Waals surface area contributed by atoms with Crippen LogP contribution >= 0.6 is 11.6 Å². The lowest BCUT2D eigenvalue weighted by molar-refractivity contribution is -0.385. The van der Waals surface area contributed by atoms with Gasteiger partial charge in [0, 0.05) is 67.7 Å². The molecule has 2 aromatic carbocycles. The number of ether oxygens (including phenoxy) is 2. The predicted octanol–water partition coefficient (Wildman–Crippen LogP) is 8.64. The van der Waals surface area contributed by atoms with Gasteiger partial charge in [0.2, 0.25) is 5.24 Å². The Morgan fingerprint density at radius 2 is 1.05 bits per heavy atom. The molecule has 4 N–H and O–H groups in total. The molecule has 2 aliphatic heterocycles. The average Bonchev–Trinajstić information content (AvgIpc) is 3.45. The van der Waals surface area contributed by atoms with Crippen molar-refractivity contribution in [2.45, 2.75) is 59.8 Å². The van der Waals surface area contributed by atoms with Gasteiger partial charge in [-0.15, -0.1) is 0 Å². The first-order chi connectivity index (χ1) is 36.5. The molecule has 76 heavy (non-hydrogen) atoms. The number of anilines is 1. The predicted molar refractivity (Wildman–Crippen MR) is 289 cm³/mol. The number of pyridine rings is 4. The van der Waals surface area contributed by atoms with Crippen molar-refractivity contribution in [3.05, 3.63) is 207 Å². The Labute approximate surface area is 442 Å². The molecule has 8 rings (SSSR count). The number of aryl methyl sites for hydroxylation is 1. The second-order valence-corrected chi connectivity index (χ2v) is 15.9. The van der Waals surface area contributed by atoms with Crippen LogP contribution in [0.4, 0.5) is 17.1 Å². The molecule has 24 heteroatoms. The monoisotopic (exact) mass is 1050 g/mol. The molecular weight excluding hydrogens is 998 g/mol. The van der Waals surface area contributed by atoms with E-state index < -0.39 is 15.1 Å². The lowest BCUT2D eigenvalue weighted by atomic mass is 10.1. The number of carbonyl (C=O) groups excluding carboxylic acids is 2. The van der Waals surface area contributed by atoms with Crippen molar-refractivity contribution in [2.75, 3.05) is 11.4 Å². The SMILES string of the molecule is C.CCCCCc1cccnc1C1=NNC(c2ccccn2)=NN1.CCCCN(C(=O)/C=C/Oc1ccc([N+](=O)[O-])cc1)c1cccnc1C1=NNC(c2ccccn2)=NN1.O=C(Cl)/C=C/Oc1ccc([N+](=O)[O-])cc1. The second kappa shape index (κ2) is 30.3. The van der Waals surface area contributed by atoms with Crippen LogP contribution < -0.4 is 36.1 Å². The number of nitrogens with zero attached hydrogens (tertiary/aromatic N) is 11. The number of nitrogens with one attached hydrogen (secondary N) is 4. The van der Waals surface area contributed by atoms with Crippen LogP contribution in [0.2, 0.25) is 0 Å². The van der Waals surface area contributed by atoms with Crippen LogP contribution in [0.1, 0.15) is 81.7 Å². The minimum Gasteiger partial charge on any atom is -0.465 e. The van der Waals surface area contributed by atoms with E-state index in [1.165, 1.54) is 79.3 Å². The Morgan fingerprint density at radius 3 is 1.53 bits per heavy atom. The summed E-state index contributed by atoms with van der Waals surface area (Å²) in [5, 5.41) is 37.8. The zero-order valence-electron chi connectivity index (χ0n) is 40.5. The molecule has 0 fully saturated rings. The molecule has 0 aliphatic carbocycles. The van der Waals surface area contributed by atoms with Crippen molar-refractivity contribution < 1.29 is 28.9 Å². The number of hydrogen-bond acceptors (Lipinski definition) is 20. The number of rotatable bonds is 20. The van der Waals surface area contributed by atoms with Gasteiger partial charge in [0.05, 0.1) is 28.1 Å². The summed E-state index contributed by atoms with van der Waals surface area (Å²) in [7, 11) is 0. The summed E-state index contributed by atoms with van der Waals surface area (Å²) >= 11 is 5.02. The lowest BCUT2D eigenvalue weighted by Crippen LogP contribution is -2.38. The first-order valence-corrected chi connectivity index (χ1v) is 23.7. The van der Waals surface area contributed by atoms with Crippen LogP contribution in [0.3, 0.4) is 0 Å². The number of hydrogen-bond donors (Lipinski definition) is 4. The van der Waals surface area contributed by atoms with Crippen LogP contribution in [-0.2, 0) is 16.0 Å². The van der Waals surface area contributed by atoms with Crippen molar-refractivity contribution in [1.82, 2.24) is 41.6 Å². The summed E-state index contributed by atoms with van der Waals surface area (Å²) in [6, 6.07) is 29.7. The Bertz CT molecular complexity index is 3070. The number of carbonyl (C=O) groups is 2. The molecule has 6 heterocycles. The first-order valence-electron chi connectivity index (χ1n) is 23.3. The lowest BCUT2D eigenvalue weighted by Gasteiger charge is -2.24. The Kier molecular flexibility index (Phi) is 22.8. The van der Waals surface area contributed by atoms with Crippen molar-refractivity contribution in [3.8, 4) is 11.5 Å². The largest absolute Gasteiger partial charge is 0.465 e. The van der Waals surface area contributed by atoms with Crippen LogP contribution in [0.15, 0.2) is 179 Å². The van der Waals surface area contributed by atoms with Gasteiger partial charge in [-0.3, -0.25) is 71.5 Å². The third-order valence-corrected chi connectivity index (χ3v) is 10.4. The number of hydrazone groups is 4. The van der Waals surface area contributed by atoms with Crippen molar-refractivity contribution in [2.24, 2.45) is 20.4 Å². The second-order valence-electron chi connectivity index (χ2n) is 15.5. The Hall–Kier alpha value is -9.77. The number of benzene rings is 2. The summed E-state index contributed by atoms with van der Waals surface area (Å²) in [5.41, 5.74) is 16.0. The number of nitro groups is 2. The number of unbranched alkanes of at least 4 members (excludes halogenated alkanes) is 3. The maximum Gasteiger partial charge on any atom is 0.269 e. The zero-order chi connectivity index (χ0) is 53.2. The Morgan fingerprint density at radius 1 is 0.579 bits per heavy atom. The summed E-state index contributed by atoms with van der Waals surface area (Å²) in [6.07, 6.45) is 17.7. The molecule has 392 valence electrons. The molecule has 0 saturated heterocycles. The van der Waals surface area contributed by atoms with E-state index in [1.54, 1.807) is 47.9 Å². The number of amides is 1. The minimum atomic E-state index is -0.656. The summed E-state index contributed by atoms with van der Waals surface area (Å²) < 4.78 is 10.4. The van der Waals surface area contributed by atoms with Crippen molar-refractivity contribution in [3.63, 3.8) is 0 Å². The normalized spacial score (nSPS) is 12.3. The maximum atomic E-state index is 13.2. The summed E-state index contributed by atoms with van der Waals surface area (Å²) in [4.78, 5) is 62.6. The van der Waals surface area contributed by atoms with Gasteiger partial charge in [0.25, 0.3) is 17.3 Å². The Balaban J connectivity index is 0.000000232. The van der Waals surface area contributed by atoms with Gasteiger partial charge in [0.1, 0.15) is 34.3 Å². The average molecular weight is 1050 g/mol. The van der Waals surface area contributed by atoms with Gasteiger partial charge in [0.15, 0.2) is 23.3 Å². The highest BCUT2D eigenvalue weighted by molar-refractivity contribution is 6.66. The van der Waals surface area contributed by atoms with Gasteiger partial charge in [-0.05, 0) is 103 Å². The fourth-order valence-corrected chi connectivity index (χ4v) is 6.63. The molecule has 2 aliphatic rings. The molecule has 4 aromatic heterocycles. The van der Waals surface area contributed by atoms with Gasteiger partial charge in [-0.1, -0.05) is 58.7 Å². The van der Waals surface area contributed by atoms with Crippen molar-refractivity contribution in [1.29, 1.82) is 0 Å². The van der Waals surface area contributed by atoms with Crippen molar-refractivity contribution >= 4 is 63.2 Å². The maximum absolute atomic E-state index is 13.2. The molecule has 1 amide bonds. The highest BCUT2D eigenvalue weighted by Crippen LogP contribution is 2.22. The van der Waals surface area contributed by atoms with E-state index >= 15 is 0 Å². The number of aromatic nitrogens is 4. The van der Waals surface area contributed by atoms with Gasteiger partial charge in [-0.2, -0.15) is 20.4 Å². The number of allylic oxidation sites excluding steroid dienone is 1. The topological polar surface area (TPSA) is 291 Å². The zero-order valence-corrected chi connectivity index (χ0v) is 41.3. The van der Waals surface area contributed by atoms with Gasteiger partial charge < -0.3 is 14.4 Å². The number of halogens is 1. The number of non-ortho nitro benzene ring substituents is 2. The molecule has 0 saturated carbocycles. The van der Waals surface area contributed by atoms with Gasteiger partial charge in [-0.25, -0.2) is 0 Å². The molecule has 0 bridgehead atoms. The third kappa shape index (κ3) is 17.5. The molecule has 0 unspecified atom stereocenters. The number of nitro benzene ring substituents is 2. The van der Waals surface area contributed by atoms with E-state index in [0.29, 0.717) is 58.5 Å². The van der Waals surface area contributed by atoms with E-state index in [4.69, 9.17) is 21.1 Å². The quantitative estimate of drug-likeness (QED) is 0.0139. The highest BCUT2D eigenvalue weighted by Gasteiger charge is 2.23. The smallest absolute Gasteiger partial charge is 0.269 e. The molecular formula is C52H54ClN15O8. The molecule has 0 spiro atoms. The standard InChI is InChI=1S/C25H24N8O4.C17H20N6.C9H6ClNO4.CH4/c1-2-3-16-32(22(34)13-17-37-19-11-9-18(10-12-19)33(35)36)21-8-6-15-27-23(21)25-30-28-24(29-31-25)20-7-4-5-14-26-20;1-2-3-4-8-13-9-7-12-19-15(13)17-22-20-16(21-23-17)14-10-5-6-11-18-14;10-9(12)5-6-15-8-3-1-7(2-4-8)11(13)14;/h4-15,17H,2-3,16H2,1H3,(H,28,29)(H,30,31);5-7,9-12H,2-4,8H2,1H3,(H,20,21)(H,22,23);1-6H;1H4/b17-13+;;6-5+;. The molecule has 23 nitrogen and oxygen atoms in total. The van der Waals surface area contributed by atoms with E-state index in [-0.39, 0.29) is 24.7 Å². The fraction of sp³-hybridized carbons (Fsp3) is 0.192. The van der Waals surface area contributed by atoms with Crippen LogP contribution in [-0.4, -0.2) is 70.8 Å². The van der Waals surface area contributed by atoms with E-state index in [9.17, 15) is 29.8 Å². The molecule has 6 aromatic rings. The number of amidine groups is 4. The van der Waals surface area contributed by atoms with Crippen LogP contribution in [0.25, 0.3) is 0 Å². The summed E-state index contributed by atoms with van der Waals surface area (Å²) in [6.45, 7) is 4.68. The fourth-order valence-electron chi connectivity index (χ4n) is 6.58. The molecule has 0 radical (unpaired) electrons.